The van der Waals surface area contributed by atoms with Crippen LogP contribution in [-0.4, -0.2) is 14.1 Å². The van der Waals surface area contributed by atoms with E-state index in [9.17, 15) is 0 Å². The van der Waals surface area contributed by atoms with Crippen molar-refractivity contribution in [2.75, 3.05) is 0 Å². The summed E-state index contributed by atoms with van der Waals surface area (Å²) in [4.78, 5) is 4.90. The van der Waals surface area contributed by atoms with Crippen LogP contribution in [0.3, 0.4) is 0 Å². The van der Waals surface area contributed by atoms with Crippen LogP contribution < -0.4 is 0 Å². The molecule has 0 radical (unpaired) electrons. The molecular weight excluding hydrogens is 607 g/mol. The van der Waals surface area contributed by atoms with Crippen molar-refractivity contribution >= 4 is 43.7 Å². The fourth-order valence-electron chi connectivity index (χ4n) is 7.66. The zero-order valence-electron chi connectivity index (χ0n) is 27.2. The van der Waals surface area contributed by atoms with Crippen LogP contribution >= 0.6 is 0 Å². The normalized spacial score (nSPS) is 11.6. The van der Waals surface area contributed by atoms with Crippen LogP contribution in [0.4, 0.5) is 0 Å². The molecule has 0 atom stereocenters. The summed E-state index contributed by atoms with van der Waals surface area (Å²) in [7, 11) is 0. The van der Waals surface area contributed by atoms with E-state index in [2.05, 4.69) is 185 Å². The fourth-order valence-corrected chi connectivity index (χ4v) is 7.66. The van der Waals surface area contributed by atoms with Crippen LogP contribution in [0, 0.1) is 0 Å². The molecule has 0 amide bonds. The molecule has 10 rings (SSSR count). The number of para-hydroxylation sites is 2. The van der Waals surface area contributed by atoms with Crippen LogP contribution in [0.5, 0.6) is 0 Å². The van der Waals surface area contributed by atoms with E-state index in [-0.39, 0.29) is 0 Å². The largest absolute Gasteiger partial charge is 0.309 e. The van der Waals surface area contributed by atoms with Gasteiger partial charge in [0, 0.05) is 44.7 Å². The SMILES string of the molecule is c1ccc(-c2ccc(-n3c4cc(-c5cccc6c7ccccc7n(-c7ccc(-c8ccccc8)cc7)c56)ccc4c4cccnc43)cc2)cc1. The van der Waals surface area contributed by atoms with Crippen LogP contribution in [0.25, 0.3) is 88.5 Å². The van der Waals surface area contributed by atoms with Crippen molar-refractivity contribution in [2.45, 2.75) is 0 Å². The first-order valence-electron chi connectivity index (χ1n) is 17.1. The van der Waals surface area contributed by atoms with E-state index in [1.807, 2.05) is 12.3 Å². The van der Waals surface area contributed by atoms with Gasteiger partial charge in [0.1, 0.15) is 5.65 Å². The highest BCUT2D eigenvalue weighted by atomic mass is 15.0. The van der Waals surface area contributed by atoms with E-state index < -0.39 is 0 Å². The first-order chi connectivity index (χ1) is 24.8. The van der Waals surface area contributed by atoms with Crippen molar-refractivity contribution in [1.29, 1.82) is 0 Å². The average molecular weight is 638 g/mol. The number of fused-ring (bicyclic) bond motifs is 6. The number of rotatable bonds is 5. The molecule has 0 fully saturated rings. The van der Waals surface area contributed by atoms with Gasteiger partial charge in [0.15, 0.2) is 0 Å². The second-order valence-electron chi connectivity index (χ2n) is 12.8. The lowest BCUT2D eigenvalue weighted by Crippen LogP contribution is -1.97. The van der Waals surface area contributed by atoms with E-state index in [1.165, 1.54) is 55.0 Å². The van der Waals surface area contributed by atoms with Crippen molar-refractivity contribution in [3.05, 3.63) is 188 Å². The molecule has 50 heavy (non-hydrogen) atoms. The monoisotopic (exact) mass is 637 g/mol. The van der Waals surface area contributed by atoms with Gasteiger partial charge < -0.3 is 4.57 Å². The summed E-state index contributed by atoms with van der Waals surface area (Å²) in [5.41, 5.74) is 13.9. The molecule has 0 bridgehead atoms. The molecule has 0 spiro atoms. The first kappa shape index (κ1) is 28.3. The number of aromatic nitrogens is 3. The topological polar surface area (TPSA) is 22.8 Å². The molecule has 234 valence electrons. The Labute approximate surface area is 290 Å². The molecule has 3 aromatic heterocycles. The molecule has 0 aliphatic carbocycles. The Morgan fingerprint density at radius 3 is 1.58 bits per heavy atom. The Kier molecular flexibility index (Phi) is 6.49. The van der Waals surface area contributed by atoms with E-state index in [0.717, 1.165) is 33.5 Å². The predicted molar refractivity (Wildman–Crippen MR) is 209 cm³/mol. The molecule has 0 N–H and O–H groups in total. The molecule has 10 aromatic rings. The molecule has 7 aromatic carbocycles. The lowest BCUT2D eigenvalue weighted by atomic mass is 10.00. The van der Waals surface area contributed by atoms with Crippen molar-refractivity contribution in [1.82, 2.24) is 14.1 Å². The van der Waals surface area contributed by atoms with Crippen molar-refractivity contribution in [2.24, 2.45) is 0 Å². The molecule has 0 aliphatic heterocycles. The second-order valence-corrected chi connectivity index (χ2v) is 12.8. The Morgan fingerprint density at radius 1 is 0.340 bits per heavy atom. The lowest BCUT2D eigenvalue weighted by Gasteiger charge is -2.13. The van der Waals surface area contributed by atoms with E-state index in [1.54, 1.807) is 0 Å². The molecular formula is C47H31N3. The van der Waals surface area contributed by atoms with Gasteiger partial charge in [-0.2, -0.15) is 0 Å². The minimum atomic E-state index is 0.956. The summed E-state index contributed by atoms with van der Waals surface area (Å²) >= 11 is 0. The molecule has 0 saturated heterocycles. The maximum atomic E-state index is 4.90. The fraction of sp³-hybridized carbons (Fsp3) is 0. The molecule has 0 unspecified atom stereocenters. The molecule has 0 saturated carbocycles. The Bertz CT molecular complexity index is 2830. The van der Waals surface area contributed by atoms with Crippen molar-refractivity contribution < 1.29 is 0 Å². The summed E-state index contributed by atoms with van der Waals surface area (Å²) in [5.74, 6) is 0. The van der Waals surface area contributed by atoms with Gasteiger partial charge >= 0.3 is 0 Å². The van der Waals surface area contributed by atoms with Gasteiger partial charge in [0.25, 0.3) is 0 Å². The van der Waals surface area contributed by atoms with E-state index >= 15 is 0 Å². The Balaban J connectivity index is 1.18. The summed E-state index contributed by atoms with van der Waals surface area (Å²) in [6, 6.07) is 65.4. The minimum Gasteiger partial charge on any atom is -0.309 e. The zero-order valence-corrected chi connectivity index (χ0v) is 27.2. The summed E-state index contributed by atoms with van der Waals surface area (Å²) < 4.78 is 4.74. The van der Waals surface area contributed by atoms with Gasteiger partial charge in [-0.3, -0.25) is 4.57 Å². The highest BCUT2D eigenvalue weighted by Crippen LogP contribution is 2.40. The average Bonchev–Trinajstić information content (AvgIpc) is 3.71. The molecule has 0 aliphatic rings. The summed E-state index contributed by atoms with van der Waals surface area (Å²) in [6.45, 7) is 0. The molecule has 3 heterocycles. The van der Waals surface area contributed by atoms with Crippen LogP contribution in [-0.2, 0) is 0 Å². The maximum absolute atomic E-state index is 4.90. The van der Waals surface area contributed by atoms with E-state index in [0.29, 0.717) is 0 Å². The molecule has 3 nitrogen and oxygen atoms in total. The smallest absolute Gasteiger partial charge is 0.145 e. The zero-order chi connectivity index (χ0) is 33.0. The van der Waals surface area contributed by atoms with Crippen molar-refractivity contribution in [3.8, 4) is 44.8 Å². The standard InChI is InChI=1S/C47H31N3/c1-3-11-32(12-4-1)34-20-25-37(26-21-34)49-44-19-8-7-15-40(44)42-17-9-16-39(46(42)49)36-24-29-41-43-18-10-30-48-47(43)50(45(41)31-36)38-27-22-35(23-28-38)33-13-5-2-6-14-33/h1-31H. The first-order valence-corrected chi connectivity index (χ1v) is 17.1. The lowest BCUT2D eigenvalue weighted by molar-refractivity contribution is 1.14. The summed E-state index contributed by atoms with van der Waals surface area (Å²) in [5, 5.41) is 4.82. The quantitative estimate of drug-likeness (QED) is 0.184. The third kappa shape index (κ3) is 4.48. The minimum absolute atomic E-state index is 0.956. The second kappa shape index (κ2) is 11.5. The third-order valence-electron chi connectivity index (χ3n) is 10.00. The van der Waals surface area contributed by atoms with Crippen LogP contribution in [0.2, 0.25) is 0 Å². The Morgan fingerprint density at radius 2 is 0.880 bits per heavy atom. The van der Waals surface area contributed by atoms with Crippen LogP contribution in [0.1, 0.15) is 0 Å². The van der Waals surface area contributed by atoms with Gasteiger partial charge in [-0.1, -0.05) is 133 Å². The third-order valence-corrected chi connectivity index (χ3v) is 10.00. The number of nitrogens with zero attached hydrogens (tertiary/aromatic N) is 3. The number of hydrogen-bond acceptors (Lipinski definition) is 1. The predicted octanol–water partition coefficient (Wildman–Crippen LogP) is 12.3. The molecule has 3 heteroatoms. The van der Waals surface area contributed by atoms with Crippen molar-refractivity contribution in [3.63, 3.8) is 0 Å². The highest BCUT2D eigenvalue weighted by Gasteiger charge is 2.19. The number of pyridine rings is 1. The Hall–Kier alpha value is -6.71. The van der Waals surface area contributed by atoms with Gasteiger partial charge in [-0.25, -0.2) is 4.98 Å². The highest BCUT2D eigenvalue weighted by molar-refractivity contribution is 6.15. The van der Waals surface area contributed by atoms with Gasteiger partial charge in [0.2, 0.25) is 0 Å². The van der Waals surface area contributed by atoms with Crippen LogP contribution in [0.15, 0.2) is 188 Å². The van der Waals surface area contributed by atoms with Gasteiger partial charge in [-0.15, -0.1) is 0 Å². The van der Waals surface area contributed by atoms with Gasteiger partial charge in [0.05, 0.1) is 16.6 Å². The number of benzene rings is 7. The van der Waals surface area contributed by atoms with E-state index in [4.69, 9.17) is 4.98 Å². The summed E-state index contributed by atoms with van der Waals surface area (Å²) in [6.07, 6.45) is 1.89. The number of hydrogen-bond donors (Lipinski definition) is 0. The maximum Gasteiger partial charge on any atom is 0.145 e. The van der Waals surface area contributed by atoms with Gasteiger partial charge in [-0.05, 0) is 76.3 Å².